The third kappa shape index (κ3) is 2.64. The lowest BCUT2D eigenvalue weighted by atomic mass is 10.3. The van der Waals surface area contributed by atoms with Gasteiger partial charge in [-0.3, -0.25) is 15.1 Å². The summed E-state index contributed by atoms with van der Waals surface area (Å²) in [5.41, 5.74) is 0.583. The fourth-order valence-electron chi connectivity index (χ4n) is 1.32. The topological polar surface area (TPSA) is 79.8 Å². The van der Waals surface area contributed by atoms with E-state index >= 15 is 0 Å². The Morgan fingerprint density at radius 3 is 2.61 bits per heavy atom. The van der Waals surface area contributed by atoms with Crippen LogP contribution in [0, 0.1) is 21.4 Å². The molecule has 0 spiro atoms. The van der Waals surface area contributed by atoms with Crippen LogP contribution in [-0.4, -0.2) is 9.91 Å². The number of non-ortho nitro benzene ring substituents is 1. The maximum Gasteiger partial charge on any atom is 0.269 e. The molecule has 88 valence electrons. The smallest absolute Gasteiger partial charge is 0.263 e. The summed E-state index contributed by atoms with van der Waals surface area (Å²) < 4.78 is 0. The first-order chi connectivity index (χ1) is 8.70. The molecule has 0 aliphatic rings. The van der Waals surface area contributed by atoms with Gasteiger partial charge in [0, 0.05) is 34.3 Å². The zero-order chi connectivity index (χ0) is 13.0. The van der Waals surface area contributed by atoms with Crippen LogP contribution < -0.4 is 0 Å². The molecule has 18 heavy (non-hydrogen) atoms. The molecule has 1 aromatic carbocycles. The van der Waals surface area contributed by atoms with Crippen LogP contribution in [0.1, 0.15) is 5.56 Å². The van der Waals surface area contributed by atoms with Crippen LogP contribution in [0.5, 0.6) is 0 Å². The standard InChI is InChI=1S/C12H7N3O2S/c13-7-9-5-6-14-8-12(9)18-11-3-1-10(2-4-11)15(16)17/h1-6,8H. The molecule has 2 aromatic rings. The average molecular weight is 257 g/mol. The SMILES string of the molecule is N#Cc1ccncc1Sc1ccc([N+](=O)[O-])cc1. The fraction of sp³-hybridized carbons (Fsp3) is 0. The van der Waals surface area contributed by atoms with Crippen LogP contribution in [0.4, 0.5) is 5.69 Å². The highest BCUT2D eigenvalue weighted by molar-refractivity contribution is 7.99. The highest BCUT2D eigenvalue weighted by Gasteiger charge is 2.07. The largest absolute Gasteiger partial charge is 0.269 e. The molecule has 0 fully saturated rings. The molecule has 6 heteroatoms. The Morgan fingerprint density at radius 1 is 1.28 bits per heavy atom. The van der Waals surface area contributed by atoms with E-state index < -0.39 is 4.92 Å². The average Bonchev–Trinajstić information content (AvgIpc) is 2.40. The number of nitro groups is 1. The maximum atomic E-state index is 10.5. The molecule has 0 bridgehead atoms. The minimum Gasteiger partial charge on any atom is -0.263 e. The van der Waals surface area contributed by atoms with Gasteiger partial charge in [-0.25, -0.2) is 0 Å². The molecule has 1 heterocycles. The Balaban J connectivity index is 2.24. The third-order valence-corrected chi connectivity index (χ3v) is 3.23. The summed E-state index contributed by atoms with van der Waals surface area (Å²) in [5.74, 6) is 0. The predicted molar refractivity (Wildman–Crippen MR) is 66.2 cm³/mol. The van der Waals surface area contributed by atoms with Crippen LogP contribution >= 0.6 is 11.8 Å². The van der Waals surface area contributed by atoms with Gasteiger partial charge in [0.25, 0.3) is 5.69 Å². The highest BCUT2D eigenvalue weighted by atomic mass is 32.2. The van der Waals surface area contributed by atoms with Crippen LogP contribution in [0.25, 0.3) is 0 Å². The number of pyridine rings is 1. The lowest BCUT2D eigenvalue weighted by molar-refractivity contribution is -0.384. The molecule has 2 rings (SSSR count). The number of hydrogen-bond acceptors (Lipinski definition) is 5. The van der Waals surface area contributed by atoms with Crippen molar-refractivity contribution >= 4 is 17.4 Å². The number of aromatic nitrogens is 1. The number of nitriles is 1. The number of nitro benzene ring substituents is 1. The van der Waals surface area contributed by atoms with E-state index in [2.05, 4.69) is 11.1 Å². The summed E-state index contributed by atoms with van der Waals surface area (Å²) in [6.07, 6.45) is 3.16. The van der Waals surface area contributed by atoms with Crippen molar-refractivity contribution in [3.05, 3.63) is 58.4 Å². The van der Waals surface area contributed by atoms with E-state index in [9.17, 15) is 10.1 Å². The molecule has 1 aromatic heterocycles. The van der Waals surface area contributed by atoms with E-state index in [0.717, 1.165) is 9.79 Å². The fourth-order valence-corrected chi connectivity index (χ4v) is 2.18. The van der Waals surface area contributed by atoms with Gasteiger partial charge in [-0.1, -0.05) is 11.8 Å². The Bertz CT molecular complexity index is 620. The van der Waals surface area contributed by atoms with E-state index in [4.69, 9.17) is 5.26 Å². The van der Waals surface area contributed by atoms with Crippen molar-refractivity contribution in [1.29, 1.82) is 5.26 Å². The zero-order valence-electron chi connectivity index (χ0n) is 9.11. The monoisotopic (exact) mass is 257 g/mol. The van der Waals surface area contributed by atoms with Gasteiger partial charge in [-0.05, 0) is 18.2 Å². The normalized spacial score (nSPS) is 9.72. The van der Waals surface area contributed by atoms with Crippen molar-refractivity contribution in [3.8, 4) is 6.07 Å². The summed E-state index contributed by atoms with van der Waals surface area (Å²) in [4.78, 5) is 15.6. The minimum absolute atomic E-state index is 0.0473. The predicted octanol–water partition coefficient (Wildman–Crippen LogP) is 3.01. The number of rotatable bonds is 3. The summed E-state index contributed by atoms with van der Waals surface area (Å²) in [7, 11) is 0. The highest BCUT2D eigenvalue weighted by Crippen LogP contribution is 2.30. The van der Waals surface area contributed by atoms with E-state index in [1.54, 1.807) is 30.6 Å². The minimum atomic E-state index is -0.445. The molecule has 0 N–H and O–H groups in total. The van der Waals surface area contributed by atoms with Gasteiger partial charge >= 0.3 is 0 Å². The molecular formula is C12H7N3O2S. The summed E-state index contributed by atoms with van der Waals surface area (Å²) in [6, 6.07) is 9.88. The number of benzene rings is 1. The van der Waals surface area contributed by atoms with Gasteiger partial charge < -0.3 is 0 Å². The molecule has 0 aliphatic carbocycles. The Morgan fingerprint density at radius 2 is 2.00 bits per heavy atom. The number of nitrogens with zero attached hydrogens (tertiary/aromatic N) is 3. The van der Waals surface area contributed by atoms with E-state index in [1.165, 1.54) is 23.9 Å². The van der Waals surface area contributed by atoms with Gasteiger partial charge in [-0.15, -0.1) is 0 Å². The maximum absolute atomic E-state index is 10.5. The molecule has 0 radical (unpaired) electrons. The molecule has 0 unspecified atom stereocenters. The molecule has 0 atom stereocenters. The van der Waals surface area contributed by atoms with Crippen molar-refractivity contribution < 1.29 is 4.92 Å². The molecule has 0 saturated carbocycles. The van der Waals surface area contributed by atoms with Gasteiger partial charge in [0.1, 0.15) is 6.07 Å². The van der Waals surface area contributed by atoms with Crippen molar-refractivity contribution in [2.45, 2.75) is 9.79 Å². The molecular weight excluding hydrogens is 250 g/mol. The van der Waals surface area contributed by atoms with Crippen molar-refractivity contribution in [2.75, 3.05) is 0 Å². The van der Waals surface area contributed by atoms with Crippen LogP contribution in [0.2, 0.25) is 0 Å². The second-order valence-corrected chi connectivity index (χ2v) is 4.45. The lowest BCUT2D eigenvalue weighted by Crippen LogP contribution is -1.87. The van der Waals surface area contributed by atoms with Crippen molar-refractivity contribution in [1.82, 2.24) is 4.98 Å². The number of hydrogen-bond donors (Lipinski definition) is 0. The molecule has 0 amide bonds. The lowest BCUT2D eigenvalue weighted by Gasteiger charge is -2.02. The molecule has 0 saturated heterocycles. The zero-order valence-corrected chi connectivity index (χ0v) is 9.92. The quantitative estimate of drug-likeness (QED) is 0.623. The Hall–Kier alpha value is -2.39. The van der Waals surface area contributed by atoms with Crippen molar-refractivity contribution in [3.63, 3.8) is 0 Å². The first-order valence-corrected chi connectivity index (χ1v) is 5.79. The second-order valence-electron chi connectivity index (χ2n) is 3.34. The van der Waals surface area contributed by atoms with Gasteiger partial charge in [0.2, 0.25) is 0 Å². The van der Waals surface area contributed by atoms with E-state index in [0.29, 0.717) is 5.56 Å². The first kappa shape index (κ1) is 12.1. The van der Waals surface area contributed by atoms with E-state index in [-0.39, 0.29) is 5.69 Å². The molecule has 0 aliphatic heterocycles. The van der Waals surface area contributed by atoms with Crippen LogP contribution in [0.15, 0.2) is 52.5 Å². The van der Waals surface area contributed by atoms with Gasteiger partial charge in [0.05, 0.1) is 10.5 Å². The van der Waals surface area contributed by atoms with Gasteiger partial charge in [0.15, 0.2) is 0 Å². The van der Waals surface area contributed by atoms with Crippen LogP contribution in [0.3, 0.4) is 0 Å². The third-order valence-electron chi connectivity index (χ3n) is 2.18. The summed E-state index contributed by atoms with van der Waals surface area (Å²) >= 11 is 1.35. The second kappa shape index (κ2) is 5.29. The van der Waals surface area contributed by atoms with Crippen molar-refractivity contribution in [2.24, 2.45) is 0 Å². The van der Waals surface area contributed by atoms with E-state index in [1.807, 2.05) is 0 Å². The van der Waals surface area contributed by atoms with Crippen LogP contribution in [-0.2, 0) is 0 Å². The summed E-state index contributed by atoms with van der Waals surface area (Å²) in [5, 5.41) is 19.4. The van der Waals surface area contributed by atoms with Gasteiger partial charge in [-0.2, -0.15) is 5.26 Å². The first-order valence-electron chi connectivity index (χ1n) is 4.97. The summed E-state index contributed by atoms with van der Waals surface area (Å²) in [6.45, 7) is 0. The Kier molecular flexibility index (Phi) is 3.55. The molecule has 5 nitrogen and oxygen atoms in total. The Labute approximate surface area is 107 Å².